The van der Waals surface area contributed by atoms with Crippen LogP contribution in [0.2, 0.25) is 0 Å². The number of carbonyl (C=O) groups excluding carboxylic acids is 1. The van der Waals surface area contributed by atoms with Gasteiger partial charge in [-0.3, -0.25) is 4.79 Å². The number of hydrogen-bond acceptors (Lipinski definition) is 2. The zero-order valence-corrected chi connectivity index (χ0v) is 9.60. The van der Waals surface area contributed by atoms with Crippen LogP contribution in [0.3, 0.4) is 0 Å². The zero-order valence-electron chi connectivity index (χ0n) is 8.78. The number of aryl methyl sites for hydroxylation is 1. The number of carbonyl (C=O) groups is 1. The second kappa shape index (κ2) is 3.99. The van der Waals surface area contributed by atoms with Gasteiger partial charge in [0.25, 0.3) is 0 Å². The number of hydrogen-bond donors (Lipinski definition) is 0. The van der Waals surface area contributed by atoms with Crippen LogP contribution in [0.4, 0.5) is 0 Å². The smallest absolute Gasteiger partial charge is 0.152 e. The van der Waals surface area contributed by atoms with E-state index in [1.54, 1.807) is 24.3 Å². The molecule has 0 saturated heterocycles. The van der Waals surface area contributed by atoms with Crippen molar-refractivity contribution in [3.8, 4) is 0 Å². The van der Waals surface area contributed by atoms with Crippen LogP contribution < -0.4 is 0 Å². The molecule has 0 aliphatic rings. The Kier molecular flexibility index (Phi) is 2.69. The molecule has 0 aliphatic carbocycles. The minimum Gasteiger partial charge on any atom is -0.295 e. The van der Waals surface area contributed by atoms with E-state index in [0.29, 0.717) is 0 Å². The summed E-state index contributed by atoms with van der Waals surface area (Å²) in [5.41, 5.74) is 1.26. The van der Waals surface area contributed by atoms with E-state index in [1.807, 2.05) is 18.2 Å². The van der Waals surface area contributed by atoms with Crippen molar-refractivity contribution < 1.29 is 4.79 Å². The first-order valence-corrected chi connectivity index (χ1v) is 5.67. The molecule has 76 valence electrons. The van der Waals surface area contributed by atoms with Crippen molar-refractivity contribution in [2.45, 2.75) is 13.8 Å². The number of allylic oxidation sites excluding steroid dienone is 1. The maximum atomic E-state index is 10.9. The Morgan fingerprint density at radius 3 is 2.73 bits per heavy atom. The third-order valence-corrected chi connectivity index (χ3v) is 3.59. The highest BCUT2D eigenvalue weighted by Crippen LogP contribution is 2.31. The van der Waals surface area contributed by atoms with Gasteiger partial charge in [0.2, 0.25) is 0 Å². The lowest BCUT2D eigenvalue weighted by molar-refractivity contribution is -0.112. The molecule has 0 bridgehead atoms. The summed E-state index contributed by atoms with van der Waals surface area (Å²) >= 11 is 1.73. The highest BCUT2D eigenvalue weighted by Gasteiger charge is 2.04. The van der Waals surface area contributed by atoms with Crippen molar-refractivity contribution in [2.24, 2.45) is 0 Å². The van der Waals surface area contributed by atoms with Gasteiger partial charge < -0.3 is 0 Å². The van der Waals surface area contributed by atoms with Gasteiger partial charge in [-0.1, -0.05) is 18.2 Å². The monoisotopic (exact) mass is 216 g/mol. The van der Waals surface area contributed by atoms with Crippen LogP contribution >= 0.6 is 11.3 Å². The number of ketones is 1. The van der Waals surface area contributed by atoms with E-state index in [-0.39, 0.29) is 5.78 Å². The van der Waals surface area contributed by atoms with Crippen LogP contribution in [0.1, 0.15) is 17.4 Å². The summed E-state index contributed by atoms with van der Waals surface area (Å²) in [4.78, 5) is 12.0. The lowest BCUT2D eigenvalue weighted by Crippen LogP contribution is -1.79. The highest BCUT2D eigenvalue weighted by molar-refractivity contribution is 7.20. The molecular formula is C13H12OS. The fourth-order valence-corrected chi connectivity index (χ4v) is 2.66. The molecular weight excluding hydrogens is 204 g/mol. The first-order chi connectivity index (χ1) is 7.18. The van der Waals surface area contributed by atoms with Gasteiger partial charge in [0.05, 0.1) is 0 Å². The quantitative estimate of drug-likeness (QED) is 0.698. The largest absolute Gasteiger partial charge is 0.295 e. The van der Waals surface area contributed by atoms with Crippen LogP contribution in [-0.4, -0.2) is 5.78 Å². The molecule has 0 spiro atoms. The first-order valence-electron chi connectivity index (χ1n) is 4.85. The Hall–Kier alpha value is -1.41. The van der Waals surface area contributed by atoms with Gasteiger partial charge in [-0.05, 0) is 43.0 Å². The number of benzene rings is 1. The molecule has 2 rings (SSSR count). The van der Waals surface area contributed by atoms with Gasteiger partial charge in [0.1, 0.15) is 0 Å². The summed E-state index contributed by atoms with van der Waals surface area (Å²) in [5, 5.41) is 1.28. The number of thiophene rings is 1. The van der Waals surface area contributed by atoms with E-state index < -0.39 is 0 Å². The Morgan fingerprint density at radius 1 is 1.33 bits per heavy atom. The van der Waals surface area contributed by atoms with Crippen molar-refractivity contribution in [3.63, 3.8) is 0 Å². The van der Waals surface area contributed by atoms with Gasteiger partial charge in [-0.2, -0.15) is 0 Å². The molecule has 0 saturated carbocycles. The molecule has 2 aromatic rings. The molecule has 15 heavy (non-hydrogen) atoms. The van der Waals surface area contributed by atoms with Crippen molar-refractivity contribution in [2.75, 3.05) is 0 Å². The molecule has 0 N–H and O–H groups in total. The van der Waals surface area contributed by atoms with Crippen molar-refractivity contribution >= 4 is 33.3 Å². The van der Waals surface area contributed by atoms with E-state index in [9.17, 15) is 4.79 Å². The van der Waals surface area contributed by atoms with Crippen LogP contribution in [0.5, 0.6) is 0 Å². The summed E-state index contributed by atoms with van der Waals surface area (Å²) < 4.78 is 1.28. The van der Waals surface area contributed by atoms with Crippen molar-refractivity contribution in [1.29, 1.82) is 0 Å². The normalized spacial score (nSPS) is 11.3. The molecule has 0 atom stereocenters. The van der Waals surface area contributed by atoms with E-state index in [0.717, 1.165) is 0 Å². The van der Waals surface area contributed by atoms with Gasteiger partial charge >= 0.3 is 0 Å². The molecule has 2 heteroatoms. The SMILES string of the molecule is CC(=O)C=Cc1sc2ccccc2c1C. The third kappa shape index (κ3) is 2.00. The molecule has 0 aliphatic heterocycles. The van der Waals surface area contributed by atoms with Gasteiger partial charge in [0.15, 0.2) is 5.78 Å². The second-order valence-electron chi connectivity index (χ2n) is 3.53. The van der Waals surface area contributed by atoms with E-state index in [1.165, 1.54) is 20.5 Å². The van der Waals surface area contributed by atoms with Gasteiger partial charge in [-0.25, -0.2) is 0 Å². The number of rotatable bonds is 2. The maximum Gasteiger partial charge on any atom is 0.152 e. The Balaban J connectivity index is 2.53. The van der Waals surface area contributed by atoms with Crippen molar-refractivity contribution in [1.82, 2.24) is 0 Å². The lowest BCUT2D eigenvalue weighted by atomic mass is 10.1. The minimum atomic E-state index is 0.0897. The van der Waals surface area contributed by atoms with Gasteiger partial charge in [-0.15, -0.1) is 11.3 Å². The third-order valence-electron chi connectivity index (χ3n) is 2.35. The second-order valence-corrected chi connectivity index (χ2v) is 4.62. The molecule has 1 aromatic carbocycles. The molecule has 0 fully saturated rings. The molecule has 1 nitrogen and oxygen atoms in total. The Morgan fingerprint density at radius 2 is 2.07 bits per heavy atom. The Bertz CT molecular complexity index is 534. The lowest BCUT2D eigenvalue weighted by Gasteiger charge is -1.90. The zero-order chi connectivity index (χ0) is 10.8. The summed E-state index contributed by atoms with van der Waals surface area (Å²) in [5.74, 6) is 0.0897. The summed E-state index contributed by atoms with van der Waals surface area (Å²) in [7, 11) is 0. The topological polar surface area (TPSA) is 17.1 Å². The van der Waals surface area contributed by atoms with Crippen LogP contribution in [-0.2, 0) is 4.79 Å². The van der Waals surface area contributed by atoms with Crippen LogP contribution in [0.25, 0.3) is 16.2 Å². The molecule has 0 amide bonds. The summed E-state index contributed by atoms with van der Waals surface area (Å²) in [6, 6.07) is 8.31. The predicted octanol–water partition coefficient (Wildman–Crippen LogP) is 3.81. The average molecular weight is 216 g/mol. The highest BCUT2D eigenvalue weighted by atomic mass is 32.1. The first kappa shape index (κ1) is 10.1. The van der Waals surface area contributed by atoms with E-state index >= 15 is 0 Å². The molecule has 0 unspecified atom stereocenters. The fourth-order valence-electron chi connectivity index (χ4n) is 1.55. The molecule has 0 radical (unpaired) electrons. The predicted molar refractivity (Wildman–Crippen MR) is 66.3 cm³/mol. The average Bonchev–Trinajstić information content (AvgIpc) is 2.54. The summed E-state index contributed by atoms with van der Waals surface area (Å²) in [6.07, 6.45) is 3.53. The minimum absolute atomic E-state index is 0.0897. The Labute approximate surface area is 93.1 Å². The summed E-state index contributed by atoms with van der Waals surface area (Å²) in [6.45, 7) is 3.66. The van der Waals surface area contributed by atoms with Gasteiger partial charge in [0, 0.05) is 9.58 Å². The number of fused-ring (bicyclic) bond motifs is 1. The standard InChI is InChI=1S/C13H12OS/c1-9(14)7-8-12-10(2)11-5-3-4-6-13(11)15-12/h3-8H,1-2H3. The van der Waals surface area contributed by atoms with Crippen LogP contribution in [0, 0.1) is 6.92 Å². The van der Waals surface area contributed by atoms with Crippen LogP contribution in [0.15, 0.2) is 30.3 Å². The fraction of sp³-hybridized carbons (Fsp3) is 0.154. The van der Waals surface area contributed by atoms with E-state index in [2.05, 4.69) is 19.1 Å². The molecule has 1 heterocycles. The van der Waals surface area contributed by atoms with E-state index in [4.69, 9.17) is 0 Å². The molecule has 1 aromatic heterocycles. The van der Waals surface area contributed by atoms with Crippen molar-refractivity contribution in [3.05, 3.63) is 40.8 Å². The maximum absolute atomic E-state index is 10.9.